The van der Waals surface area contributed by atoms with Crippen molar-refractivity contribution in [2.75, 3.05) is 33.1 Å². The van der Waals surface area contributed by atoms with Gasteiger partial charge in [0.2, 0.25) is 0 Å². The summed E-state index contributed by atoms with van der Waals surface area (Å²) in [5.41, 5.74) is 0. The third-order valence-electron chi connectivity index (χ3n) is 2.21. The standard InChI is InChI=1S/C7H16N2S/c1-8-4-3-7(5-8)9(2)6-10/h7,10H,3-6H2,1-2H3. The Morgan fingerprint density at radius 3 is 2.80 bits per heavy atom. The molecule has 0 spiro atoms. The van der Waals surface area contributed by atoms with E-state index in [1.165, 1.54) is 19.5 Å². The van der Waals surface area contributed by atoms with Crippen molar-refractivity contribution in [2.24, 2.45) is 0 Å². The van der Waals surface area contributed by atoms with Gasteiger partial charge in [0, 0.05) is 18.5 Å². The highest BCUT2D eigenvalue weighted by molar-refractivity contribution is 7.80. The maximum Gasteiger partial charge on any atom is 0.0414 e. The monoisotopic (exact) mass is 160 g/mol. The molecule has 1 atom stereocenters. The fraction of sp³-hybridized carbons (Fsp3) is 1.00. The van der Waals surface area contributed by atoms with Crippen LogP contribution >= 0.6 is 12.6 Å². The second-order valence-corrected chi connectivity index (χ2v) is 3.39. The Morgan fingerprint density at radius 1 is 1.70 bits per heavy atom. The van der Waals surface area contributed by atoms with Gasteiger partial charge in [-0.25, -0.2) is 0 Å². The minimum Gasteiger partial charge on any atom is -0.305 e. The molecule has 1 aliphatic rings. The van der Waals surface area contributed by atoms with Crippen molar-refractivity contribution in [1.82, 2.24) is 9.80 Å². The molecule has 0 aliphatic carbocycles. The number of hydrogen-bond donors (Lipinski definition) is 1. The molecule has 0 aromatic heterocycles. The lowest BCUT2D eigenvalue weighted by Crippen LogP contribution is -2.32. The molecular weight excluding hydrogens is 144 g/mol. The van der Waals surface area contributed by atoms with E-state index in [0.717, 1.165) is 11.9 Å². The highest BCUT2D eigenvalue weighted by Gasteiger charge is 2.21. The van der Waals surface area contributed by atoms with Gasteiger partial charge in [-0.15, -0.1) is 0 Å². The van der Waals surface area contributed by atoms with Gasteiger partial charge in [-0.1, -0.05) is 0 Å². The summed E-state index contributed by atoms with van der Waals surface area (Å²) < 4.78 is 0. The van der Waals surface area contributed by atoms with E-state index in [1.807, 2.05) is 0 Å². The fourth-order valence-corrected chi connectivity index (χ4v) is 1.62. The van der Waals surface area contributed by atoms with Crippen LogP contribution in [-0.4, -0.2) is 48.9 Å². The van der Waals surface area contributed by atoms with Gasteiger partial charge in [0.1, 0.15) is 0 Å². The normalized spacial score (nSPS) is 28.2. The summed E-state index contributed by atoms with van der Waals surface area (Å²) in [4.78, 5) is 4.66. The van der Waals surface area contributed by atoms with E-state index in [1.54, 1.807) is 0 Å². The molecule has 3 heteroatoms. The van der Waals surface area contributed by atoms with Crippen LogP contribution in [0.3, 0.4) is 0 Å². The molecule has 60 valence electrons. The molecule has 0 saturated carbocycles. The molecular formula is C7H16N2S. The second kappa shape index (κ2) is 3.60. The highest BCUT2D eigenvalue weighted by atomic mass is 32.1. The molecule has 1 rings (SSSR count). The molecule has 10 heavy (non-hydrogen) atoms. The molecule has 0 N–H and O–H groups in total. The van der Waals surface area contributed by atoms with E-state index >= 15 is 0 Å². The maximum atomic E-state index is 4.23. The average molecular weight is 160 g/mol. The van der Waals surface area contributed by atoms with Crippen LogP contribution in [0.1, 0.15) is 6.42 Å². The quantitative estimate of drug-likeness (QED) is 0.464. The Hall–Kier alpha value is 0.270. The van der Waals surface area contributed by atoms with Crippen molar-refractivity contribution < 1.29 is 0 Å². The highest BCUT2D eigenvalue weighted by Crippen LogP contribution is 2.11. The lowest BCUT2D eigenvalue weighted by molar-refractivity contribution is 0.279. The van der Waals surface area contributed by atoms with Gasteiger partial charge in [-0.3, -0.25) is 4.90 Å². The summed E-state index contributed by atoms with van der Waals surface area (Å²) in [5.74, 6) is 0.874. The zero-order valence-electron chi connectivity index (χ0n) is 6.75. The van der Waals surface area contributed by atoms with E-state index in [4.69, 9.17) is 0 Å². The maximum absolute atomic E-state index is 4.23. The summed E-state index contributed by atoms with van der Waals surface area (Å²) in [6.45, 7) is 2.44. The summed E-state index contributed by atoms with van der Waals surface area (Å²) in [5, 5.41) is 0. The summed E-state index contributed by atoms with van der Waals surface area (Å²) in [6, 6.07) is 0.738. The molecule has 0 aromatic rings. The predicted molar refractivity (Wildman–Crippen MR) is 47.5 cm³/mol. The van der Waals surface area contributed by atoms with Crippen LogP contribution < -0.4 is 0 Å². The van der Waals surface area contributed by atoms with Crippen LogP contribution in [0.4, 0.5) is 0 Å². The molecule has 0 aromatic carbocycles. The SMILES string of the molecule is CN1CCC(N(C)CS)C1. The Bertz CT molecular complexity index is 108. The lowest BCUT2D eigenvalue weighted by atomic mass is 10.2. The molecule has 1 heterocycles. The van der Waals surface area contributed by atoms with Crippen LogP contribution in [-0.2, 0) is 0 Å². The van der Waals surface area contributed by atoms with Gasteiger partial charge in [-0.2, -0.15) is 12.6 Å². The third kappa shape index (κ3) is 1.87. The number of thiol groups is 1. The van der Waals surface area contributed by atoms with Crippen LogP contribution in [0.5, 0.6) is 0 Å². The van der Waals surface area contributed by atoms with Crippen molar-refractivity contribution in [1.29, 1.82) is 0 Å². The number of rotatable bonds is 2. The summed E-state index contributed by atoms with van der Waals surface area (Å²) in [6.07, 6.45) is 1.30. The van der Waals surface area contributed by atoms with Crippen molar-refractivity contribution >= 4 is 12.6 Å². The van der Waals surface area contributed by atoms with E-state index in [0.29, 0.717) is 0 Å². The predicted octanol–water partition coefficient (Wildman–Crippen LogP) is 0.510. The van der Waals surface area contributed by atoms with Crippen LogP contribution in [0.2, 0.25) is 0 Å². The van der Waals surface area contributed by atoms with Crippen LogP contribution in [0.25, 0.3) is 0 Å². The van der Waals surface area contributed by atoms with E-state index in [2.05, 4.69) is 36.5 Å². The summed E-state index contributed by atoms with van der Waals surface area (Å²) >= 11 is 4.23. The fourth-order valence-electron chi connectivity index (χ4n) is 1.39. The van der Waals surface area contributed by atoms with Gasteiger partial charge in [0.25, 0.3) is 0 Å². The largest absolute Gasteiger partial charge is 0.305 e. The molecule has 1 unspecified atom stereocenters. The molecule has 0 amide bonds. The Kier molecular flexibility index (Phi) is 3.01. The van der Waals surface area contributed by atoms with Crippen LogP contribution in [0, 0.1) is 0 Å². The lowest BCUT2D eigenvalue weighted by Gasteiger charge is -2.21. The number of nitrogens with zero attached hydrogens (tertiary/aromatic N) is 2. The number of likely N-dealkylation sites (N-methyl/N-ethyl adjacent to an activating group) is 2. The Balaban J connectivity index is 2.29. The molecule has 1 aliphatic heterocycles. The van der Waals surface area contributed by atoms with Crippen molar-refractivity contribution in [3.05, 3.63) is 0 Å². The molecule has 1 saturated heterocycles. The third-order valence-corrected chi connectivity index (χ3v) is 2.66. The first-order valence-corrected chi connectivity index (χ1v) is 4.37. The molecule has 1 fully saturated rings. The van der Waals surface area contributed by atoms with Crippen molar-refractivity contribution in [3.63, 3.8) is 0 Å². The minimum absolute atomic E-state index is 0.738. The first-order valence-electron chi connectivity index (χ1n) is 3.73. The molecule has 0 bridgehead atoms. The van der Waals surface area contributed by atoms with E-state index in [9.17, 15) is 0 Å². The van der Waals surface area contributed by atoms with Gasteiger partial charge in [0.05, 0.1) is 0 Å². The topological polar surface area (TPSA) is 6.48 Å². The minimum atomic E-state index is 0.738. The van der Waals surface area contributed by atoms with Gasteiger partial charge in [0.15, 0.2) is 0 Å². The Morgan fingerprint density at radius 2 is 2.40 bits per heavy atom. The molecule has 2 nitrogen and oxygen atoms in total. The van der Waals surface area contributed by atoms with Crippen molar-refractivity contribution in [3.8, 4) is 0 Å². The number of likely N-dealkylation sites (tertiary alicyclic amines) is 1. The second-order valence-electron chi connectivity index (χ2n) is 3.10. The average Bonchev–Trinajstić information content (AvgIpc) is 2.34. The van der Waals surface area contributed by atoms with Crippen molar-refractivity contribution in [2.45, 2.75) is 12.5 Å². The zero-order valence-corrected chi connectivity index (χ0v) is 7.64. The first-order chi connectivity index (χ1) is 4.74. The first kappa shape index (κ1) is 8.37. The van der Waals surface area contributed by atoms with E-state index in [-0.39, 0.29) is 0 Å². The zero-order chi connectivity index (χ0) is 7.56. The van der Waals surface area contributed by atoms with Crippen LogP contribution in [0.15, 0.2) is 0 Å². The van der Waals surface area contributed by atoms with Gasteiger partial charge in [-0.05, 0) is 27.1 Å². The summed E-state index contributed by atoms with van der Waals surface area (Å²) in [7, 11) is 4.31. The van der Waals surface area contributed by atoms with Gasteiger partial charge < -0.3 is 4.90 Å². The van der Waals surface area contributed by atoms with E-state index < -0.39 is 0 Å². The Labute approximate surface area is 68.6 Å². The number of hydrogen-bond acceptors (Lipinski definition) is 3. The van der Waals surface area contributed by atoms with Gasteiger partial charge >= 0.3 is 0 Å². The smallest absolute Gasteiger partial charge is 0.0414 e. The molecule has 0 radical (unpaired) electrons.